The second-order valence-electron chi connectivity index (χ2n) is 9.76. The molecule has 0 bridgehead atoms. The number of carbonyl (C=O) groups excluding carboxylic acids is 2. The number of benzene rings is 1. The van der Waals surface area contributed by atoms with Crippen LogP contribution in [0.1, 0.15) is 43.0 Å². The van der Waals surface area contributed by atoms with Crippen molar-refractivity contribution in [3.8, 4) is 5.75 Å². The lowest BCUT2D eigenvalue weighted by Crippen LogP contribution is -2.38. The molecule has 36 heavy (non-hydrogen) atoms. The number of likely N-dealkylation sites (tertiary alicyclic amines) is 1. The van der Waals surface area contributed by atoms with Gasteiger partial charge in [-0.25, -0.2) is 0 Å². The normalized spacial score (nSPS) is 20.3. The summed E-state index contributed by atoms with van der Waals surface area (Å²) in [4.78, 5) is 34.4. The van der Waals surface area contributed by atoms with Gasteiger partial charge in [-0.1, -0.05) is 13.8 Å². The fourth-order valence-electron chi connectivity index (χ4n) is 4.69. The third-order valence-corrected chi connectivity index (χ3v) is 6.58. The highest BCUT2D eigenvalue weighted by molar-refractivity contribution is 6.46. The highest BCUT2D eigenvalue weighted by Crippen LogP contribution is 2.40. The Hall–Kier alpha value is -3.23. The first-order valence-corrected chi connectivity index (χ1v) is 12.6. The molecule has 1 atom stereocenters. The molecule has 3 heterocycles. The minimum atomic E-state index is -0.672. The van der Waals surface area contributed by atoms with E-state index in [9.17, 15) is 14.7 Å². The zero-order valence-corrected chi connectivity index (χ0v) is 21.3. The molecule has 1 N–H and O–H groups in total. The van der Waals surface area contributed by atoms with Crippen LogP contribution in [0.4, 0.5) is 0 Å². The van der Waals surface area contributed by atoms with Gasteiger partial charge in [-0.05, 0) is 60.7 Å². The van der Waals surface area contributed by atoms with E-state index in [4.69, 9.17) is 9.47 Å². The van der Waals surface area contributed by atoms with Crippen LogP contribution in [-0.2, 0) is 14.3 Å². The number of carbonyl (C=O) groups is 2. The highest BCUT2D eigenvalue weighted by atomic mass is 16.5. The maximum Gasteiger partial charge on any atom is 0.295 e. The monoisotopic (exact) mass is 493 g/mol. The lowest BCUT2D eigenvalue weighted by atomic mass is 9.94. The summed E-state index contributed by atoms with van der Waals surface area (Å²) in [6.45, 7) is 11.0. The van der Waals surface area contributed by atoms with Gasteiger partial charge in [0.25, 0.3) is 11.7 Å². The van der Waals surface area contributed by atoms with Crippen molar-refractivity contribution in [1.29, 1.82) is 0 Å². The number of rotatable bonds is 9. The van der Waals surface area contributed by atoms with Crippen molar-refractivity contribution in [2.75, 3.05) is 46.0 Å². The summed E-state index contributed by atoms with van der Waals surface area (Å²) in [6.07, 6.45) is 3.99. The van der Waals surface area contributed by atoms with Gasteiger partial charge in [0.05, 0.1) is 31.4 Å². The van der Waals surface area contributed by atoms with Gasteiger partial charge in [-0.15, -0.1) is 0 Å². The molecular formula is C28H35N3O5. The van der Waals surface area contributed by atoms with Crippen molar-refractivity contribution >= 4 is 17.4 Å². The lowest BCUT2D eigenvalue weighted by Gasteiger charge is -2.29. The molecule has 0 saturated carbocycles. The Kier molecular flexibility index (Phi) is 8.38. The third-order valence-electron chi connectivity index (χ3n) is 6.58. The molecule has 0 aliphatic carbocycles. The van der Waals surface area contributed by atoms with Gasteiger partial charge in [0.15, 0.2) is 0 Å². The number of amides is 1. The summed E-state index contributed by atoms with van der Waals surface area (Å²) < 4.78 is 11.2. The van der Waals surface area contributed by atoms with E-state index in [1.807, 2.05) is 13.0 Å². The van der Waals surface area contributed by atoms with Crippen molar-refractivity contribution < 1.29 is 24.2 Å². The number of aliphatic hydroxyl groups excluding tert-OH is 1. The molecule has 8 nitrogen and oxygen atoms in total. The maximum absolute atomic E-state index is 13.3. The highest BCUT2D eigenvalue weighted by Gasteiger charge is 2.46. The van der Waals surface area contributed by atoms with Crippen molar-refractivity contribution in [2.24, 2.45) is 5.92 Å². The van der Waals surface area contributed by atoms with E-state index in [0.29, 0.717) is 43.6 Å². The zero-order valence-electron chi connectivity index (χ0n) is 21.3. The van der Waals surface area contributed by atoms with Crippen molar-refractivity contribution in [2.45, 2.75) is 33.2 Å². The molecule has 1 amide bonds. The number of aromatic nitrogens is 1. The Balaban J connectivity index is 1.63. The van der Waals surface area contributed by atoms with Crippen molar-refractivity contribution in [1.82, 2.24) is 14.8 Å². The van der Waals surface area contributed by atoms with Gasteiger partial charge in [-0.2, -0.15) is 0 Å². The van der Waals surface area contributed by atoms with Gasteiger partial charge in [-0.3, -0.25) is 19.5 Å². The number of Topliss-reactive ketones (excluding diaryl/α,β-unsaturated/α-hetero) is 1. The number of aliphatic hydroxyl groups is 1. The predicted molar refractivity (Wildman–Crippen MR) is 137 cm³/mol. The summed E-state index contributed by atoms with van der Waals surface area (Å²) in [5.41, 5.74) is 2.13. The second-order valence-corrected chi connectivity index (χ2v) is 9.76. The SMILES string of the molecule is Cc1cc(OCC(C)C)ccc1C(O)=C1C(=O)C(=O)N(CCCN2CCOCC2)[C@H]1c1ccncc1. The minimum Gasteiger partial charge on any atom is -0.507 e. The quantitative estimate of drug-likeness (QED) is 0.324. The number of aryl methyl sites for hydroxylation is 1. The van der Waals surface area contributed by atoms with Crippen LogP contribution < -0.4 is 4.74 Å². The fraction of sp³-hybridized carbons (Fsp3) is 0.464. The molecule has 192 valence electrons. The van der Waals surface area contributed by atoms with Gasteiger partial charge < -0.3 is 19.5 Å². The molecular weight excluding hydrogens is 458 g/mol. The molecule has 4 rings (SSSR count). The second kappa shape index (κ2) is 11.7. The number of ether oxygens (including phenoxy) is 2. The number of hydrogen-bond acceptors (Lipinski definition) is 7. The van der Waals surface area contributed by atoms with E-state index in [2.05, 4.69) is 23.7 Å². The Morgan fingerprint density at radius 3 is 2.53 bits per heavy atom. The first kappa shape index (κ1) is 25.9. The summed E-state index contributed by atoms with van der Waals surface area (Å²) in [6, 6.07) is 8.27. The van der Waals surface area contributed by atoms with Crippen LogP contribution in [0.2, 0.25) is 0 Å². The van der Waals surface area contributed by atoms with Gasteiger partial charge in [0, 0.05) is 44.1 Å². The molecule has 1 aromatic carbocycles. The summed E-state index contributed by atoms with van der Waals surface area (Å²) in [5, 5.41) is 11.4. The molecule has 0 unspecified atom stereocenters. The van der Waals surface area contributed by atoms with E-state index in [-0.39, 0.29) is 11.3 Å². The molecule has 2 aliphatic rings. The van der Waals surface area contributed by atoms with Crippen LogP contribution in [0.25, 0.3) is 5.76 Å². The molecule has 2 saturated heterocycles. The van der Waals surface area contributed by atoms with Gasteiger partial charge in [0.1, 0.15) is 11.5 Å². The largest absolute Gasteiger partial charge is 0.507 e. The van der Waals surface area contributed by atoms with E-state index in [0.717, 1.165) is 37.2 Å². The molecule has 0 radical (unpaired) electrons. The Morgan fingerprint density at radius 2 is 1.86 bits per heavy atom. The van der Waals surface area contributed by atoms with Gasteiger partial charge in [0.2, 0.25) is 0 Å². The van der Waals surface area contributed by atoms with Crippen LogP contribution in [-0.4, -0.2) is 77.6 Å². The van der Waals surface area contributed by atoms with E-state index in [1.54, 1.807) is 41.6 Å². The molecule has 0 spiro atoms. The van der Waals surface area contributed by atoms with Crippen molar-refractivity contribution in [3.63, 3.8) is 0 Å². The number of morpholine rings is 1. The third kappa shape index (κ3) is 5.77. The van der Waals surface area contributed by atoms with Crippen LogP contribution in [0.15, 0.2) is 48.3 Å². The molecule has 2 fully saturated rings. The summed E-state index contributed by atoms with van der Waals surface area (Å²) in [7, 11) is 0. The Labute approximate surface area is 212 Å². The fourth-order valence-corrected chi connectivity index (χ4v) is 4.69. The first-order chi connectivity index (χ1) is 17.4. The van der Waals surface area contributed by atoms with Crippen LogP contribution in [0.5, 0.6) is 5.75 Å². The average molecular weight is 494 g/mol. The number of nitrogens with zero attached hydrogens (tertiary/aromatic N) is 3. The van der Waals surface area contributed by atoms with Crippen LogP contribution in [0.3, 0.4) is 0 Å². The smallest absolute Gasteiger partial charge is 0.295 e. The van der Waals surface area contributed by atoms with E-state index in [1.165, 1.54) is 0 Å². The number of pyridine rings is 1. The van der Waals surface area contributed by atoms with Crippen LogP contribution >= 0.6 is 0 Å². The first-order valence-electron chi connectivity index (χ1n) is 12.6. The molecule has 8 heteroatoms. The zero-order chi connectivity index (χ0) is 25.7. The molecule has 2 aromatic rings. The predicted octanol–water partition coefficient (Wildman–Crippen LogP) is 3.57. The average Bonchev–Trinajstić information content (AvgIpc) is 3.13. The molecule has 2 aliphatic heterocycles. The van der Waals surface area contributed by atoms with Crippen LogP contribution in [0, 0.1) is 12.8 Å². The Bertz CT molecular complexity index is 1110. The standard InChI is InChI=1S/C28H35N3O5/c1-19(2)18-36-22-5-6-23(20(3)17-22)26(32)24-25(21-7-9-29-10-8-21)31(28(34)27(24)33)12-4-11-30-13-15-35-16-14-30/h5-10,17,19,25,32H,4,11-16,18H2,1-3H3/t25-/m0/s1. The summed E-state index contributed by atoms with van der Waals surface area (Å²) >= 11 is 0. The topological polar surface area (TPSA) is 92.2 Å². The number of ketones is 1. The van der Waals surface area contributed by atoms with Crippen molar-refractivity contribution in [3.05, 3.63) is 65.0 Å². The minimum absolute atomic E-state index is 0.108. The molecule has 1 aromatic heterocycles. The van der Waals surface area contributed by atoms with E-state index < -0.39 is 17.7 Å². The van der Waals surface area contributed by atoms with Gasteiger partial charge >= 0.3 is 0 Å². The summed E-state index contributed by atoms with van der Waals surface area (Å²) in [5.74, 6) is -0.334. The lowest BCUT2D eigenvalue weighted by molar-refractivity contribution is -0.140. The maximum atomic E-state index is 13.3. The van der Waals surface area contributed by atoms with E-state index >= 15 is 0 Å². The Morgan fingerprint density at radius 1 is 1.14 bits per heavy atom. The number of hydrogen-bond donors (Lipinski definition) is 1.